The van der Waals surface area contributed by atoms with Crippen LogP contribution in [0.2, 0.25) is 0 Å². The minimum atomic E-state index is -3.36. The fourth-order valence-corrected chi connectivity index (χ4v) is 4.98. The largest absolute Gasteiger partial charge is 0.384 e. The van der Waals surface area contributed by atoms with Crippen molar-refractivity contribution in [3.05, 3.63) is 23.8 Å². The van der Waals surface area contributed by atoms with Gasteiger partial charge in [0.1, 0.15) is 0 Å². The van der Waals surface area contributed by atoms with E-state index in [9.17, 15) is 8.42 Å². The molecule has 4 nitrogen and oxygen atoms in total. The lowest BCUT2D eigenvalue weighted by molar-refractivity contribution is 0.579. The molecule has 0 aliphatic carbocycles. The van der Waals surface area contributed by atoms with Gasteiger partial charge in [-0.2, -0.15) is 11.8 Å². The van der Waals surface area contributed by atoms with E-state index in [1.54, 1.807) is 12.1 Å². The molecule has 2 aliphatic rings. The Balaban J connectivity index is 1.72. The van der Waals surface area contributed by atoms with E-state index in [-0.39, 0.29) is 0 Å². The first-order chi connectivity index (χ1) is 9.15. The van der Waals surface area contributed by atoms with Crippen LogP contribution in [0.4, 0.5) is 5.69 Å². The third kappa shape index (κ3) is 2.90. The lowest BCUT2D eigenvalue weighted by Crippen LogP contribution is -2.29. The minimum absolute atomic E-state index is 0.387. The van der Waals surface area contributed by atoms with Crippen LogP contribution in [0.15, 0.2) is 23.1 Å². The van der Waals surface area contributed by atoms with Crippen LogP contribution >= 0.6 is 11.8 Å². The molecule has 0 aromatic heterocycles. The zero-order valence-corrected chi connectivity index (χ0v) is 12.3. The summed E-state index contributed by atoms with van der Waals surface area (Å²) >= 11 is 1.86. The predicted molar refractivity (Wildman–Crippen MR) is 79.3 cm³/mol. The average molecular weight is 298 g/mol. The van der Waals surface area contributed by atoms with Crippen LogP contribution in [0.5, 0.6) is 0 Å². The Labute approximate surface area is 118 Å². The Hall–Kier alpha value is -0.720. The van der Waals surface area contributed by atoms with Gasteiger partial charge in [0.15, 0.2) is 0 Å². The number of sulfonamides is 1. The highest BCUT2D eigenvalue weighted by Crippen LogP contribution is 2.27. The number of hydrogen-bond acceptors (Lipinski definition) is 4. The Morgan fingerprint density at radius 1 is 1.42 bits per heavy atom. The van der Waals surface area contributed by atoms with E-state index in [1.165, 1.54) is 6.42 Å². The maximum Gasteiger partial charge on any atom is 0.240 e. The van der Waals surface area contributed by atoms with Gasteiger partial charge in [0.05, 0.1) is 4.90 Å². The summed E-state index contributed by atoms with van der Waals surface area (Å²) in [6, 6.07) is 5.34. The van der Waals surface area contributed by atoms with Gasteiger partial charge in [0.25, 0.3) is 0 Å². The van der Waals surface area contributed by atoms with Crippen molar-refractivity contribution in [1.29, 1.82) is 0 Å². The Bertz CT molecular complexity index is 566. The van der Waals surface area contributed by atoms with Gasteiger partial charge in [-0.15, -0.1) is 0 Å². The number of anilines is 1. The zero-order valence-electron chi connectivity index (χ0n) is 10.7. The van der Waals surface area contributed by atoms with Crippen molar-refractivity contribution < 1.29 is 8.42 Å². The number of fused-ring (bicyclic) bond motifs is 1. The minimum Gasteiger partial charge on any atom is -0.384 e. The molecular weight excluding hydrogens is 280 g/mol. The van der Waals surface area contributed by atoms with Gasteiger partial charge in [-0.25, -0.2) is 13.1 Å². The second kappa shape index (κ2) is 5.34. The van der Waals surface area contributed by atoms with Crippen molar-refractivity contribution in [2.24, 2.45) is 0 Å². The molecule has 1 atom stereocenters. The molecule has 2 aliphatic heterocycles. The fraction of sp³-hybridized carbons (Fsp3) is 0.538. The quantitative estimate of drug-likeness (QED) is 0.890. The molecule has 1 fully saturated rings. The Kier molecular flexibility index (Phi) is 3.73. The van der Waals surface area contributed by atoms with Crippen molar-refractivity contribution >= 4 is 27.5 Å². The number of benzene rings is 1. The summed E-state index contributed by atoms with van der Waals surface area (Å²) in [5.74, 6) is 1.15. The standard InChI is InChI=1S/C13H18N2O2S2/c16-19(17,15-9-11-2-1-7-18-11)12-3-4-13-10(8-12)5-6-14-13/h3-4,8,11,14-15H,1-2,5-7,9H2. The molecule has 1 aromatic carbocycles. The summed E-state index contributed by atoms with van der Waals surface area (Å²) in [7, 11) is -3.36. The first-order valence-corrected chi connectivity index (χ1v) is 9.16. The third-order valence-electron chi connectivity index (χ3n) is 3.62. The summed E-state index contributed by atoms with van der Waals surface area (Å²) in [6.45, 7) is 1.44. The predicted octanol–water partition coefficient (Wildman–Crippen LogP) is 1.83. The maximum absolute atomic E-state index is 12.2. The van der Waals surface area contributed by atoms with Crippen LogP contribution in [0.1, 0.15) is 18.4 Å². The van der Waals surface area contributed by atoms with E-state index < -0.39 is 10.0 Å². The fourth-order valence-electron chi connectivity index (χ4n) is 2.54. The highest BCUT2D eigenvalue weighted by molar-refractivity contribution is 8.00. The molecule has 0 amide bonds. The van der Waals surface area contributed by atoms with Gasteiger partial charge < -0.3 is 5.32 Å². The third-order valence-corrected chi connectivity index (χ3v) is 6.44. The molecule has 0 spiro atoms. The average Bonchev–Trinajstić information content (AvgIpc) is 3.06. The number of hydrogen-bond donors (Lipinski definition) is 2. The van der Waals surface area contributed by atoms with Crippen LogP contribution in [-0.4, -0.2) is 32.5 Å². The Morgan fingerprint density at radius 3 is 3.11 bits per heavy atom. The molecule has 1 unspecified atom stereocenters. The van der Waals surface area contributed by atoms with Gasteiger partial charge in [0, 0.05) is 24.0 Å². The number of thioether (sulfide) groups is 1. The molecule has 1 aromatic rings. The van der Waals surface area contributed by atoms with Gasteiger partial charge >= 0.3 is 0 Å². The SMILES string of the molecule is O=S(=O)(NCC1CCCS1)c1ccc2c(c1)CCN2. The zero-order chi connectivity index (χ0) is 13.3. The molecular formula is C13H18N2O2S2. The molecule has 104 valence electrons. The lowest BCUT2D eigenvalue weighted by atomic mass is 10.2. The van der Waals surface area contributed by atoms with E-state index in [0.29, 0.717) is 16.7 Å². The molecule has 6 heteroatoms. The van der Waals surface area contributed by atoms with Crippen molar-refractivity contribution in [3.8, 4) is 0 Å². The van der Waals surface area contributed by atoms with E-state index in [2.05, 4.69) is 10.0 Å². The first kappa shape index (κ1) is 13.3. The maximum atomic E-state index is 12.2. The van der Waals surface area contributed by atoms with Gasteiger partial charge in [-0.1, -0.05) is 0 Å². The van der Waals surface area contributed by atoms with Gasteiger partial charge in [-0.05, 0) is 48.8 Å². The summed E-state index contributed by atoms with van der Waals surface area (Å²) in [5.41, 5.74) is 2.16. The summed E-state index contributed by atoms with van der Waals surface area (Å²) in [4.78, 5) is 0.387. The van der Waals surface area contributed by atoms with E-state index in [4.69, 9.17) is 0 Å². The number of rotatable bonds is 4. The van der Waals surface area contributed by atoms with Crippen molar-refractivity contribution in [1.82, 2.24) is 4.72 Å². The molecule has 2 heterocycles. The molecule has 0 radical (unpaired) electrons. The van der Waals surface area contributed by atoms with Crippen molar-refractivity contribution in [2.45, 2.75) is 29.4 Å². The van der Waals surface area contributed by atoms with E-state index >= 15 is 0 Å². The molecule has 0 saturated carbocycles. The topological polar surface area (TPSA) is 58.2 Å². The number of nitrogens with one attached hydrogen (secondary N) is 2. The first-order valence-electron chi connectivity index (χ1n) is 6.63. The van der Waals surface area contributed by atoms with Gasteiger partial charge in [0.2, 0.25) is 10.0 Å². The van der Waals surface area contributed by atoms with E-state index in [1.807, 2.05) is 17.8 Å². The second-order valence-electron chi connectivity index (χ2n) is 4.98. The monoisotopic (exact) mass is 298 g/mol. The van der Waals surface area contributed by atoms with Gasteiger partial charge in [-0.3, -0.25) is 0 Å². The summed E-state index contributed by atoms with van der Waals surface area (Å²) in [6.07, 6.45) is 3.21. The highest BCUT2D eigenvalue weighted by atomic mass is 32.2. The van der Waals surface area contributed by atoms with Crippen molar-refractivity contribution in [2.75, 3.05) is 24.2 Å². The van der Waals surface area contributed by atoms with Crippen LogP contribution in [-0.2, 0) is 16.4 Å². The molecule has 3 rings (SSSR count). The highest BCUT2D eigenvalue weighted by Gasteiger charge is 2.21. The smallest absolute Gasteiger partial charge is 0.240 e. The lowest BCUT2D eigenvalue weighted by Gasteiger charge is -2.11. The molecule has 19 heavy (non-hydrogen) atoms. The molecule has 2 N–H and O–H groups in total. The summed E-state index contributed by atoms with van der Waals surface area (Å²) in [5, 5.41) is 3.67. The van der Waals surface area contributed by atoms with Crippen molar-refractivity contribution in [3.63, 3.8) is 0 Å². The van der Waals surface area contributed by atoms with Crippen LogP contribution in [0.25, 0.3) is 0 Å². The molecule has 0 bridgehead atoms. The van der Waals surface area contributed by atoms with Crippen LogP contribution in [0.3, 0.4) is 0 Å². The Morgan fingerprint density at radius 2 is 2.32 bits per heavy atom. The normalized spacial score (nSPS) is 22.2. The second-order valence-corrected chi connectivity index (χ2v) is 8.16. The van der Waals surface area contributed by atoms with Crippen LogP contribution in [0, 0.1) is 0 Å². The van der Waals surface area contributed by atoms with E-state index in [0.717, 1.165) is 36.4 Å². The van der Waals surface area contributed by atoms with Crippen LogP contribution < -0.4 is 10.0 Å². The summed E-state index contributed by atoms with van der Waals surface area (Å²) < 4.78 is 27.2. The molecule has 1 saturated heterocycles.